The Morgan fingerprint density at radius 2 is 1.73 bits per heavy atom. The molecule has 2 N–H and O–H groups in total. The highest BCUT2D eigenvalue weighted by atomic mass is 19.1. The van der Waals surface area contributed by atoms with E-state index in [9.17, 15) is 14.6 Å². The molecule has 0 bridgehead atoms. The van der Waals surface area contributed by atoms with Crippen molar-refractivity contribution < 1.29 is 24.1 Å². The van der Waals surface area contributed by atoms with E-state index in [1.807, 2.05) is 48.5 Å². The summed E-state index contributed by atoms with van der Waals surface area (Å²) < 4.78 is 25.2. The molecule has 1 unspecified atom stereocenters. The molecule has 2 aliphatic rings. The molecule has 172 valence electrons. The smallest absolute Gasteiger partial charge is 0.128 e. The first-order valence-corrected chi connectivity index (χ1v) is 11.4. The Balaban J connectivity index is 1.22. The van der Waals surface area contributed by atoms with Crippen LogP contribution in [0.4, 0.5) is 4.39 Å². The van der Waals surface area contributed by atoms with Crippen molar-refractivity contribution >= 4 is 0 Å². The summed E-state index contributed by atoms with van der Waals surface area (Å²) >= 11 is 0. The number of rotatable bonds is 5. The van der Waals surface area contributed by atoms with Crippen LogP contribution in [0.15, 0.2) is 72.8 Å². The lowest BCUT2D eigenvalue weighted by Crippen LogP contribution is -2.52. The molecule has 3 aromatic carbocycles. The van der Waals surface area contributed by atoms with Gasteiger partial charge in [-0.15, -0.1) is 0 Å². The molecular formula is C27H28FNO4. The molecule has 5 rings (SSSR count). The second kappa shape index (κ2) is 9.14. The van der Waals surface area contributed by atoms with Crippen molar-refractivity contribution in [2.24, 2.45) is 0 Å². The van der Waals surface area contributed by atoms with E-state index in [0.29, 0.717) is 50.6 Å². The molecule has 0 radical (unpaired) electrons. The minimum absolute atomic E-state index is 0.189. The lowest BCUT2D eigenvalue weighted by atomic mass is 9.83. The van der Waals surface area contributed by atoms with E-state index in [2.05, 4.69) is 4.90 Å². The molecule has 2 heterocycles. The second-order valence-corrected chi connectivity index (χ2v) is 8.87. The Hall–Kier alpha value is -2.93. The first-order chi connectivity index (χ1) is 16.0. The minimum Gasteiger partial charge on any atom is -0.491 e. The number of benzene rings is 3. The normalized spacial score (nSPS) is 22.3. The third kappa shape index (κ3) is 4.60. The van der Waals surface area contributed by atoms with Gasteiger partial charge in [0.2, 0.25) is 0 Å². The lowest BCUT2D eigenvalue weighted by Gasteiger charge is -2.44. The van der Waals surface area contributed by atoms with Crippen LogP contribution in [0.2, 0.25) is 0 Å². The maximum Gasteiger partial charge on any atom is 0.128 e. The van der Waals surface area contributed by atoms with Crippen LogP contribution in [-0.2, 0) is 12.2 Å². The van der Waals surface area contributed by atoms with E-state index < -0.39 is 11.7 Å². The minimum atomic E-state index is -0.979. The van der Waals surface area contributed by atoms with Crippen LogP contribution >= 0.6 is 0 Å². The van der Waals surface area contributed by atoms with Crippen LogP contribution in [0.1, 0.15) is 35.6 Å². The largest absolute Gasteiger partial charge is 0.491 e. The third-order valence-electron chi connectivity index (χ3n) is 6.80. The molecule has 1 fully saturated rings. The van der Waals surface area contributed by atoms with E-state index in [-0.39, 0.29) is 11.9 Å². The zero-order valence-electron chi connectivity index (χ0n) is 18.4. The maximum atomic E-state index is 13.3. The van der Waals surface area contributed by atoms with E-state index in [1.54, 1.807) is 12.1 Å². The quantitative estimate of drug-likeness (QED) is 0.612. The van der Waals surface area contributed by atoms with E-state index in [4.69, 9.17) is 9.47 Å². The molecule has 33 heavy (non-hydrogen) atoms. The summed E-state index contributed by atoms with van der Waals surface area (Å²) in [5.41, 5.74) is 1.59. The summed E-state index contributed by atoms with van der Waals surface area (Å²) in [6.45, 7) is 2.07. The third-order valence-corrected chi connectivity index (χ3v) is 6.80. The van der Waals surface area contributed by atoms with Gasteiger partial charge in [-0.05, 0) is 48.2 Å². The predicted molar refractivity (Wildman–Crippen MR) is 123 cm³/mol. The van der Waals surface area contributed by atoms with Crippen molar-refractivity contribution in [1.29, 1.82) is 0 Å². The summed E-state index contributed by atoms with van der Waals surface area (Å²) in [7, 11) is 0. The summed E-state index contributed by atoms with van der Waals surface area (Å²) in [5.74, 6) is 1.03. The Kier molecular flexibility index (Phi) is 6.06. The number of hydrogen-bond acceptors (Lipinski definition) is 5. The first-order valence-electron chi connectivity index (χ1n) is 11.4. The van der Waals surface area contributed by atoms with Crippen LogP contribution in [0.25, 0.3) is 0 Å². The van der Waals surface area contributed by atoms with Gasteiger partial charge in [0.25, 0.3) is 0 Å². The molecule has 0 amide bonds. The highest BCUT2D eigenvalue weighted by molar-refractivity contribution is 5.44. The number of aliphatic hydroxyl groups is 2. The van der Waals surface area contributed by atoms with Gasteiger partial charge >= 0.3 is 0 Å². The second-order valence-electron chi connectivity index (χ2n) is 8.87. The summed E-state index contributed by atoms with van der Waals surface area (Å²) in [5, 5.41) is 22.2. The van der Waals surface area contributed by atoms with Gasteiger partial charge in [-0.3, -0.25) is 4.90 Å². The van der Waals surface area contributed by atoms with Crippen LogP contribution in [0.5, 0.6) is 11.5 Å². The number of ether oxygens (including phenoxy) is 2. The summed E-state index contributed by atoms with van der Waals surface area (Å²) in [4.78, 5) is 2.17. The molecule has 1 saturated heterocycles. The number of aliphatic hydroxyl groups excluding tert-OH is 1. The van der Waals surface area contributed by atoms with Crippen molar-refractivity contribution in [3.05, 3.63) is 95.3 Å². The summed E-state index contributed by atoms with van der Waals surface area (Å²) in [6, 6.07) is 21.4. The Bertz CT molecular complexity index is 1080. The monoisotopic (exact) mass is 449 g/mol. The number of piperidine rings is 1. The number of halogens is 1. The molecule has 2 aliphatic heterocycles. The van der Waals surface area contributed by atoms with Crippen molar-refractivity contribution in [1.82, 2.24) is 4.90 Å². The van der Waals surface area contributed by atoms with Crippen molar-refractivity contribution in [3.8, 4) is 11.5 Å². The van der Waals surface area contributed by atoms with E-state index in [1.165, 1.54) is 12.1 Å². The van der Waals surface area contributed by atoms with Gasteiger partial charge in [-0.2, -0.15) is 0 Å². The number of fused-ring (bicyclic) bond motifs is 1. The number of nitrogens with zero attached hydrogens (tertiary/aromatic N) is 1. The Labute approximate surface area is 193 Å². The topological polar surface area (TPSA) is 62.2 Å². The molecule has 5 nitrogen and oxygen atoms in total. The fourth-order valence-electron chi connectivity index (χ4n) is 4.77. The van der Waals surface area contributed by atoms with Gasteiger partial charge in [0.1, 0.15) is 36.6 Å². The predicted octanol–water partition coefficient (Wildman–Crippen LogP) is 4.18. The van der Waals surface area contributed by atoms with Crippen LogP contribution < -0.4 is 9.47 Å². The Morgan fingerprint density at radius 3 is 2.45 bits per heavy atom. The number of hydrogen-bond donors (Lipinski definition) is 2. The van der Waals surface area contributed by atoms with Gasteiger partial charge in [0.15, 0.2) is 0 Å². The van der Waals surface area contributed by atoms with Crippen molar-refractivity contribution in [2.75, 3.05) is 19.7 Å². The maximum absolute atomic E-state index is 13.3. The highest BCUT2D eigenvalue weighted by Gasteiger charge is 2.40. The van der Waals surface area contributed by atoms with E-state index >= 15 is 0 Å². The van der Waals surface area contributed by atoms with E-state index in [0.717, 1.165) is 16.7 Å². The zero-order chi connectivity index (χ0) is 22.8. The number of likely N-dealkylation sites (tertiary alicyclic amines) is 1. The fraction of sp³-hybridized carbons (Fsp3) is 0.333. The van der Waals surface area contributed by atoms with Gasteiger partial charge < -0.3 is 19.7 Å². The molecule has 0 spiro atoms. The van der Waals surface area contributed by atoms with Crippen LogP contribution in [-0.4, -0.2) is 40.9 Å². The van der Waals surface area contributed by atoms with Crippen molar-refractivity contribution in [3.63, 3.8) is 0 Å². The molecule has 3 aromatic rings. The molecule has 2 atom stereocenters. The molecule has 0 aromatic heterocycles. The molecule has 0 aliphatic carbocycles. The Morgan fingerprint density at radius 1 is 1.00 bits per heavy atom. The molecule has 0 saturated carbocycles. The lowest BCUT2D eigenvalue weighted by molar-refractivity contribution is -0.0665. The fourth-order valence-corrected chi connectivity index (χ4v) is 4.77. The first kappa shape index (κ1) is 21.9. The SMILES string of the molecule is O[C@H]1c2ccc(OCc3ccccc3)cc2OCC1N1CCC(O)(c2ccc(F)cc2)CC1. The average molecular weight is 450 g/mol. The zero-order valence-corrected chi connectivity index (χ0v) is 18.4. The van der Waals surface area contributed by atoms with Gasteiger partial charge in [0.05, 0.1) is 11.6 Å². The molecular weight excluding hydrogens is 421 g/mol. The van der Waals surface area contributed by atoms with Crippen LogP contribution in [0, 0.1) is 5.82 Å². The van der Waals surface area contributed by atoms with Crippen molar-refractivity contribution in [2.45, 2.75) is 37.2 Å². The summed E-state index contributed by atoms with van der Waals surface area (Å²) in [6.07, 6.45) is 0.344. The van der Waals surface area contributed by atoms with Gasteiger partial charge in [-0.1, -0.05) is 42.5 Å². The van der Waals surface area contributed by atoms with Crippen LogP contribution in [0.3, 0.4) is 0 Å². The molecule has 6 heteroatoms. The average Bonchev–Trinajstić information content (AvgIpc) is 2.85. The van der Waals surface area contributed by atoms with Gasteiger partial charge in [-0.25, -0.2) is 4.39 Å². The standard InChI is InChI=1S/C27H28FNO4/c28-21-8-6-20(7-9-21)27(31)12-14-29(15-13-27)24-18-33-25-16-22(10-11-23(25)26(24)30)32-17-19-4-2-1-3-5-19/h1-11,16,24,26,30-31H,12-15,17-18H2/t24?,26-/m0/s1. The van der Waals surface area contributed by atoms with Gasteiger partial charge in [0, 0.05) is 24.7 Å². The highest BCUT2D eigenvalue weighted by Crippen LogP contribution is 2.40.